The van der Waals surface area contributed by atoms with Crippen LogP contribution < -0.4 is 20.5 Å². The van der Waals surface area contributed by atoms with Gasteiger partial charge in [0, 0.05) is 12.0 Å². The standard InChI is InChI=1S/C18H20N2O5/c1-9-6-10(9)13-4-5-14(25-13)18(22)20-12-8-16(24-3)15(23-2)7-11(12)17(19)21/h4-5,7-10H,6H2,1-3H3,(H2,19,21)(H,20,22)/t9-,10-/m1/s1. The lowest BCUT2D eigenvalue weighted by atomic mass is 10.1. The SMILES string of the molecule is COc1cc(NC(=O)c2ccc([C@@H]3C[C@H]3C)o2)c(C(N)=O)cc1OC. The van der Waals surface area contributed by atoms with E-state index in [1.165, 1.54) is 26.4 Å². The van der Waals surface area contributed by atoms with Crippen molar-refractivity contribution in [3.05, 3.63) is 41.3 Å². The largest absolute Gasteiger partial charge is 0.493 e. The number of amides is 2. The number of furan rings is 1. The summed E-state index contributed by atoms with van der Waals surface area (Å²) in [6.07, 6.45) is 1.07. The zero-order valence-electron chi connectivity index (χ0n) is 14.3. The molecule has 3 N–H and O–H groups in total. The van der Waals surface area contributed by atoms with Gasteiger partial charge in [-0.15, -0.1) is 0 Å². The number of carbonyl (C=O) groups is 2. The summed E-state index contributed by atoms with van der Waals surface area (Å²) in [6, 6.07) is 6.35. The van der Waals surface area contributed by atoms with Crippen LogP contribution in [-0.4, -0.2) is 26.0 Å². The number of primary amides is 1. The molecule has 2 aromatic rings. The Kier molecular flexibility index (Phi) is 4.39. The maximum atomic E-state index is 12.5. The van der Waals surface area contributed by atoms with Crippen molar-refractivity contribution in [2.45, 2.75) is 19.3 Å². The van der Waals surface area contributed by atoms with Crippen LogP contribution in [0.2, 0.25) is 0 Å². The van der Waals surface area contributed by atoms with Gasteiger partial charge in [0.2, 0.25) is 0 Å². The van der Waals surface area contributed by atoms with Crippen molar-refractivity contribution < 1.29 is 23.5 Å². The molecule has 1 aromatic carbocycles. The minimum absolute atomic E-state index is 0.119. The molecule has 25 heavy (non-hydrogen) atoms. The van der Waals surface area contributed by atoms with Crippen LogP contribution in [0.15, 0.2) is 28.7 Å². The van der Waals surface area contributed by atoms with Crippen molar-refractivity contribution in [1.82, 2.24) is 0 Å². The first-order valence-electron chi connectivity index (χ1n) is 7.91. The zero-order chi connectivity index (χ0) is 18.1. The summed E-state index contributed by atoms with van der Waals surface area (Å²) in [7, 11) is 2.91. The quantitative estimate of drug-likeness (QED) is 0.838. The van der Waals surface area contributed by atoms with Gasteiger partial charge in [-0.05, 0) is 30.5 Å². The van der Waals surface area contributed by atoms with Gasteiger partial charge in [0.1, 0.15) is 5.76 Å². The van der Waals surface area contributed by atoms with Gasteiger partial charge in [-0.2, -0.15) is 0 Å². The highest BCUT2D eigenvalue weighted by molar-refractivity contribution is 6.08. The first-order valence-corrected chi connectivity index (χ1v) is 7.91. The van der Waals surface area contributed by atoms with Crippen LogP contribution in [0.4, 0.5) is 5.69 Å². The summed E-state index contributed by atoms with van der Waals surface area (Å²) in [5, 5.41) is 2.65. The lowest BCUT2D eigenvalue weighted by Gasteiger charge is -2.13. The molecule has 0 radical (unpaired) electrons. The van der Waals surface area contributed by atoms with Gasteiger partial charge < -0.3 is 24.9 Å². The molecular weight excluding hydrogens is 324 g/mol. The minimum Gasteiger partial charge on any atom is -0.493 e. The molecule has 1 aliphatic carbocycles. The molecule has 3 rings (SSSR count). The summed E-state index contributed by atoms with van der Waals surface area (Å²) in [5.74, 6) is 1.50. The van der Waals surface area contributed by atoms with Gasteiger partial charge in [-0.25, -0.2) is 0 Å². The molecule has 2 amide bonds. The molecule has 1 saturated carbocycles. The Morgan fingerprint density at radius 1 is 1.20 bits per heavy atom. The number of nitrogens with two attached hydrogens (primary N) is 1. The number of ether oxygens (including phenoxy) is 2. The van der Waals surface area contributed by atoms with E-state index in [0.29, 0.717) is 23.3 Å². The Labute approximate surface area is 145 Å². The van der Waals surface area contributed by atoms with Crippen molar-refractivity contribution >= 4 is 17.5 Å². The van der Waals surface area contributed by atoms with E-state index in [9.17, 15) is 9.59 Å². The van der Waals surface area contributed by atoms with Crippen molar-refractivity contribution in [3.63, 3.8) is 0 Å². The summed E-state index contributed by atoms with van der Waals surface area (Å²) in [4.78, 5) is 24.1. The number of methoxy groups -OCH3 is 2. The number of benzene rings is 1. The van der Waals surface area contributed by atoms with Crippen molar-refractivity contribution in [2.75, 3.05) is 19.5 Å². The van der Waals surface area contributed by atoms with Crippen molar-refractivity contribution in [1.29, 1.82) is 0 Å². The average Bonchev–Trinajstić information content (AvgIpc) is 3.11. The summed E-state index contributed by atoms with van der Waals surface area (Å²) in [6.45, 7) is 2.13. The number of anilines is 1. The molecule has 0 bridgehead atoms. The monoisotopic (exact) mass is 344 g/mol. The fraction of sp³-hybridized carbons (Fsp3) is 0.333. The second-order valence-corrected chi connectivity index (χ2v) is 6.09. The maximum Gasteiger partial charge on any atom is 0.291 e. The van der Waals surface area contributed by atoms with Crippen LogP contribution in [0.25, 0.3) is 0 Å². The molecule has 1 fully saturated rings. The van der Waals surface area contributed by atoms with Crippen LogP contribution in [0.3, 0.4) is 0 Å². The van der Waals surface area contributed by atoms with Crippen LogP contribution in [0.5, 0.6) is 11.5 Å². The average molecular weight is 344 g/mol. The molecule has 0 saturated heterocycles. The topological polar surface area (TPSA) is 104 Å². The molecule has 7 nitrogen and oxygen atoms in total. The van der Waals surface area contributed by atoms with E-state index in [1.54, 1.807) is 6.07 Å². The number of rotatable bonds is 6. The molecule has 0 unspecified atom stereocenters. The lowest BCUT2D eigenvalue weighted by molar-refractivity contribution is 0.0995. The Balaban J connectivity index is 1.87. The summed E-state index contributed by atoms with van der Waals surface area (Å²) < 4.78 is 16.0. The van der Waals surface area contributed by atoms with Gasteiger partial charge >= 0.3 is 0 Å². The van der Waals surface area contributed by atoms with E-state index in [-0.39, 0.29) is 17.0 Å². The third-order valence-electron chi connectivity index (χ3n) is 4.36. The Morgan fingerprint density at radius 3 is 2.40 bits per heavy atom. The molecule has 0 aliphatic heterocycles. The summed E-state index contributed by atoms with van der Waals surface area (Å²) >= 11 is 0. The van der Waals surface area contributed by atoms with Crippen LogP contribution in [0, 0.1) is 5.92 Å². The Bertz CT molecular complexity index is 827. The number of carbonyl (C=O) groups excluding carboxylic acids is 2. The van der Waals surface area contributed by atoms with Gasteiger partial charge in [-0.3, -0.25) is 9.59 Å². The van der Waals surface area contributed by atoms with Crippen molar-refractivity contribution in [2.24, 2.45) is 11.7 Å². The number of hydrogen-bond donors (Lipinski definition) is 2. The van der Waals surface area contributed by atoms with Gasteiger partial charge in [0.25, 0.3) is 11.8 Å². The fourth-order valence-corrected chi connectivity index (χ4v) is 2.76. The smallest absolute Gasteiger partial charge is 0.291 e. The molecule has 0 spiro atoms. The maximum absolute atomic E-state index is 12.5. The van der Waals surface area contributed by atoms with E-state index in [4.69, 9.17) is 19.6 Å². The van der Waals surface area contributed by atoms with Crippen LogP contribution in [0.1, 0.15) is 45.9 Å². The summed E-state index contributed by atoms with van der Waals surface area (Å²) in [5.41, 5.74) is 5.75. The third-order valence-corrected chi connectivity index (χ3v) is 4.36. The fourth-order valence-electron chi connectivity index (χ4n) is 2.76. The van der Waals surface area contributed by atoms with E-state index in [0.717, 1.165) is 12.2 Å². The first kappa shape index (κ1) is 16.9. The molecule has 1 heterocycles. The molecule has 132 valence electrons. The van der Waals surface area contributed by atoms with Gasteiger partial charge in [-0.1, -0.05) is 6.92 Å². The highest BCUT2D eigenvalue weighted by Crippen LogP contribution is 2.47. The van der Waals surface area contributed by atoms with E-state index >= 15 is 0 Å². The van der Waals surface area contributed by atoms with E-state index in [1.807, 2.05) is 6.07 Å². The van der Waals surface area contributed by atoms with Gasteiger partial charge in [0.15, 0.2) is 17.3 Å². The van der Waals surface area contributed by atoms with Crippen LogP contribution >= 0.6 is 0 Å². The van der Waals surface area contributed by atoms with Gasteiger partial charge in [0.05, 0.1) is 25.5 Å². The molecule has 1 aliphatic rings. The zero-order valence-corrected chi connectivity index (χ0v) is 14.3. The number of nitrogens with one attached hydrogen (secondary N) is 1. The second kappa shape index (κ2) is 6.51. The predicted octanol–water partition coefficient (Wildman–Crippen LogP) is 2.77. The molecule has 2 atom stereocenters. The van der Waals surface area contributed by atoms with E-state index in [2.05, 4.69) is 12.2 Å². The van der Waals surface area contributed by atoms with Crippen LogP contribution in [-0.2, 0) is 0 Å². The highest BCUT2D eigenvalue weighted by Gasteiger charge is 2.37. The molecular formula is C18H20N2O5. The Morgan fingerprint density at radius 2 is 1.84 bits per heavy atom. The van der Waals surface area contributed by atoms with Crippen molar-refractivity contribution in [3.8, 4) is 11.5 Å². The molecule has 1 aromatic heterocycles. The minimum atomic E-state index is -0.691. The molecule has 7 heteroatoms. The Hall–Kier alpha value is -2.96. The lowest BCUT2D eigenvalue weighted by Crippen LogP contribution is -2.18. The van der Waals surface area contributed by atoms with E-state index < -0.39 is 11.8 Å². The predicted molar refractivity (Wildman–Crippen MR) is 91.2 cm³/mol. The number of hydrogen-bond acceptors (Lipinski definition) is 5. The first-order chi connectivity index (χ1) is 11.9. The normalized spacial score (nSPS) is 18.5. The third kappa shape index (κ3) is 3.31. The second-order valence-electron chi connectivity index (χ2n) is 6.09. The highest BCUT2D eigenvalue weighted by atomic mass is 16.5.